The molecule has 0 spiro atoms. The minimum Gasteiger partial charge on any atom is -0.391 e. The van der Waals surface area contributed by atoms with Gasteiger partial charge in [0.15, 0.2) is 0 Å². The molecule has 0 saturated carbocycles. The molecule has 1 aromatic carbocycles. The lowest BCUT2D eigenvalue weighted by atomic mass is 10.1. The number of hydrogen-bond acceptors (Lipinski definition) is 3. The zero-order valence-electron chi connectivity index (χ0n) is 10.3. The van der Waals surface area contributed by atoms with E-state index in [1.54, 1.807) is 24.3 Å². The molecule has 2 rings (SSSR count). The van der Waals surface area contributed by atoms with Crippen LogP contribution in [-0.4, -0.2) is 29.8 Å². The summed E-state index contributed by atoms with van der Waals surface area (Å²) >= 11 is 0. The van der Waals surface area contributed by atoms with Gasteiger partial charge in [-0.15, -0.1) is 0 Å². The largest absolute Gasteiger partial charge is 0.391 e. The summed E-state index contributed by atoms with van der Waals surface area (Å²) < 4.78 is 0. The van der Waals surface area contributed by atoms with Crippen molar-refractivity contribution in [3.8, 4) is 0 Å². The van der Waals surface area contributed by atoms with Crippen LogP contribution < -0.4 is 5.32 Å². The van der Waals surface area contributed by atoms with Gasteiger partial charge in [-0.05, 0) is 31.7 Å². The average molecular weight is 244 g/mol. The Kier molecular flexibility index (Phi) is 3.77. The van der Waals surface area contributed by atoms with Crippen molar-refractivity contribution in [1.82, 2.24) is 10.2 Å². The molecule has 0 aliphatic carbocycles. The van der Waals surface area contributed by atoms with Crippen molar-refractivity contribution < 1.29 is 9.59 Å². The van der Waals surface area contributed by atoms with Gasteiger partial charge in [-0.1, -0.05) is 18.2 Å². The molecule has 2 amide bonds. The van der Waals surface area contributed by atoms with Gasteiger partial charge in [0.25, 0.3) is 11.8 Å². The van der Waals surface area contributed by atoms with E-state index < -0.39 is 0 Å². The smallest absolute Gasteiger partial charge is 0.261 e. The van der Waals surface area contributed by atoms with Crippen LogP contribution in [0.25, 0.3) is 0 Å². The lowest BCUT2D eigenvalue weighted by molar-refractivity contribution is 0.0653. The van der Waals surface area contributed by atoms with Crippen molar-refractivity contribution in [3.63, 3.8) is 0 Å². The van der Waals surface area contributed by atoms with E-state index in [0.29, 0.717) is 17.7 Å². The molecule has 18 heavy (non-hydrogen) atoms. The van der Waals surface area contributed by atoms with E-state index in [2.05, 4.69) is 5.32 Å². The van der Waals surface area contributed by atoms with Crippen LogP contribution in [-0.2, 0) is 0 Å². The standard InChI is InChI=1S/C14H16N2O2/c1-2-8-15-9-5-10-16-13(17)11-6-3-4-7-12(11)14(16)18/h2-4,6-8,15H,5,9-10H2,1H3. The molecule has 1 aliphatic heterocycles. The molecule has 0 unspecified atom stereocenters. The lowest BCUT2D eigenvalue weighted by Crippen LogP contribution is -2.32. The molecular formula is C14H16N2O2. The zero-order valence-corrected chi connectivity index (χ0v) is 10.3. The van der Waals surface area contributed by atoms with Gasteiger partial charge in [-0.3, -0.25) is 14.5 Å². The molecule has 0 fully saturated rings. The van der Waals surface area contributed by atoms with Gasteiger partial charge in [0, 0.05) is 13.1 Å². The molecule has 1 aliphatic rings. The fourth-order valence-electron chi connectivity index (χ4n) is 1.98. The third-order valence-electron chi connectivity index (χ3n) is 2.87. The number of fused-ring (bicyclic) bond motifs is 1. The van der Waals surface area contributed by atoms with E-state index in [1.807, 2.05) is 19.2 Å². The average Bonchev–Trinajstić information content (AvgIpc) is 2.64. The van der Waals surface area contributed by atoms with Crippen LogP contribution in [0, 0.1) is 0 Å². The first-order valence-electron chi connectivity index (χ1n) is 6.05. The maximum Gasteiger partial charge on any atom is 0.261 e. The molecule has 1 N–H and O–H groups in total. The number of carbonyl (C=O) groups is 2. The van der Waals surface area contributed by atoms with Gasteiger partial charge < -0.3 is 5.32 Å². The van der Waals surface area contributed by atoms with E-state index in [1.165, 1.54) is 4.90 Å². The van der Waals surface area contributed by atoms with Crippen LogP contribution in [0.2, 0.25) is 0 Å². The summed E-state index contributed by atoms with van der Waals surface area (Å²) in [5, 5.41) is 3.08. The second-order valence-electron chi connectivity index (χ2n) is 4.12. The fourth-order valence-corrected chi connectivity index (χ4v) is 1.98. The quantitative estimate of drug-likeness (QED) is 0.634. The number of nitrogens with zero attached hydrogens (tertiary/aromatic N) is 1. The Labute approximate surface area is 106 Å². The zero-order chi connectivity index (χ0) is 13.0. The maximum atomic E-state index is 12.0. The number of allylic oxidation sites excluding steroid dienone is 1. The molecule has 94 valence electrons. The Morgan fingerprint density at radius 2 is 1.78 bits per heavy atom. The lowest BCUT2D eigenvalue weighted by Gasteiger charge is -2.13. The van der Waals surface area contributed by atoms with Crippen LogP contribution in [0.5, 0.6) is 0 Å². The monoisotopic (exact) mass is 244 g/mol. The molecule has 0 atom stereocenters. The highest BCUT2D eigenvalue weighted by atomic mass is 16.2. The van der Waals surface area contributed by atoms with Crippen molar-refractivity contribution in [1.29, 1.82) is 0 Å². The third kappa shape index (κ3) is 2.27. The van der Waals surface area contributed by atoms with Crippen molar-refractivity contribution in [2.75, 3.05) is 13.1 Å². The molecule has 0 aromatic heterocycles. The number of benzene rings is 1. The number of nitrogens with one attached hydrogen (secondary N) is 1. The van der Waals surface area contributed by atoms with Gasteiger partial charge in [0.2, 0.25) is 0 Å². The summed E-state index contributed by atoms with van der Waals surface area (Å²) in [6.07, 6.45) is 4.50. The Morgan fingerprint density at radius 1 is 1.17 bits per heavy atom. The van der Waals surface area contributed by atoms with E-state index in [-0.39, 0.29) is 11.8 Å². The van der Waals surface area contributed by atoms with Crippen molar-refractivity contribution in [2.45, 2.75) is 13.3 Å². The van der Waals surface area contributed by atoms with Gasteiger partial charge >= 0.3 is 0 Å². The minimum atomic E-state index is -0.179. The van der Waals surface area contributed by atoms with E-state index in [4.69, 9.17) is 0 Å². The van der Waals surface area contributed by atoms with Gasteiger partial charge in [-0.2, -0.15) is 0 Å². The highest BCUT2D eigenvalue weighted by Crippen LogP contribution is 2.22. The number of hydrogen-bond donors (Lipinski definition) is 1. The highest BCUT2D eigenvalue weighted by Gasteiger charge is 2.34. The first-order valence-corrected chi connectivity index (χ1v) is 6.05. The summed E-state index contributed by atoms with van der Waals surface area (Å²) in [6.45, 7) is 3.13. The van der Waals surface area contributed by atoms with Gasteiger partial charge in [0.1, 0.15) is 0 Å². The second kappa shape index (κ2) is 5.49. The molecule has 0 bridgehead atoms. The van der Waals surface area contributed by atoms with Crippen LogP contribution in [0.3, 0.4) is 0 Å². The Hall–Kier alpha value is -2.10. The van der Waals surface area contributed by atoms with Gasteiger partial charge in [-0.25, -0.2) is 0 Å². The second-order valence-corrected chi connectivity index (χ2v) is 4.12. The molecule has 0 saturated heterocycles. The van der Waals surface area contributed by atoms with Crippen LogP contribution >= 0.6 is 0 Å². The molecule has 4 nitrogen and oxygen atoms in total. The topological polar surface area (TPSA) is 49.4 Å². The number of carbonyl (C=O) groups excluding carboxylic acids is 2. The Bertz CT molecular complexity index is 459. The van der Waals surface area contributed by atoms with Crippen LogP contribution in [0.15, 0.2) is 36.5 Å². The van der Waals surface area contributed by atoms with E-state index >= 15 is 0 Å². The molecule has 4 heteroatoms. The summed E-state index contributed by atoms with van der Waals surface area (Å²) in [5.41, 5.74) is 1.04. The summed E-state index contributed by atoms with van der Waals surface area (Å²) in [7, 11) is 0. The SMILES string of the molecule is CC=CNCCCN1C(=O)c2ccccc2C1=O. The number of rotatable bonds is 5. The first kappa shape index (κ1) is 12.4. The molecular weight excluding hydrogens is 228 g/mol. The number of imide groups is 1. The molecule has 1 heterocycles. The predicted molar refractivity (Wildman–Crippen MR) is 69.2 cm³/mol. The fraction of sp³-hybridized carbons (Fsp3) is 0.286. The number of amides is 2. The first-order chi connectivity index (χ1) is 8.75. The maximum absolute atomic E-state index is 12.0. The molecule has 0 radical (unpaired) electrons. The van der Waals surface area contributed by atoms with Crippen molar-refractivity contribution in [2.24, 2.45) is 0 Å². The van der Waals surface area contributed by atoms with Crippen molar-refractivity contribution >= 4 is 11.8 Å². The normalized spacial score (nSPS) is 14.4. The van der Waals surface area contributed by atoms with Crippen LogP contribution in [0.1, 0.15) is 34.1 Å². The Balaban J connectivity index is 1.96. The third-order valence-corrected chi connectivity index (χ3v) is 2.87. The van der Waals surface area contributed by atoms with Crippen molar-refractivity contribution in [3.05, 3.63) is 47.7 Å². The Morgan fingerprint density at radius 3 is 2.33 bits per heavy atom. The predicted octanol–water partition coefficient (Wildman–Crippen LogP) is 1.80. The summed E-state index contributed by atoms with van der Waals surface area (Å²) in [5.74, 6) is -0.358. The minimum absolute atomic E-state index is 0.179. The van der Waals surface area contributed by atoms with E-state index in [0.717, 1.165) is 13.0 Å². The summed E-state index contributed by atoms with van der Waals surface area (Å²) in [4.78, 5) is 25.3. The van der Waals surface area contributed by atoms with Crippen LogP contribution in [0.4, 0.5) is 0 Å². The van der Waals surface area contributed by atoms with E-state index in [9.17, 15) is 9.59 Å². The highest BCUT2D eigenvalue weighted by molar-refractivity contribution is 6.21. The summed E-state index contributed by atoms with van der Waals surface area (Å²) in [6, 6.07) is 6.96. The molecule has 1 aromatic rings. The van der Waals surface area contributed by atoms with Gasteiger partial charge in [0.05, 0.1) is 11.1 Å².